The molecule has 1 aliphatic heterocycles. The minimum Gasteiger partial charge on any atom is -0.379 e. The van der Waals surface area contributed by atoms with Crippen LogP contribution in [0.4, 0.5) is 0 Å². The van der Waals surface area contributed by atoms with Crippen molar-refractivity contribution in [2.24, 2.45) is 0 Å². The number of nitrogens with one attached hydrogen (secondary N) is 1. The van der Waals surface area contributed by atoms with E-state index in [1.807, 2.05) is 19.9 Å². The molecule has 1 fully saturated rings. The Morgan fingerprint density at radius 3 is 3.25 bits per heavy atom. The fourth-order valence-electron chi connectivity index (χ4n) is 2.62. The molecular formula is C17H22N4O3. The van der Waals surface area contributed by atoms with Crippen LogP contribution in [-0.4, -0.2) is 52.5 Å². The highest BCUT2D eigenvalue weighted by atomic mass is 16.5. The van der Waals surface area contributed by atoms with Gasteiger partial charge in [0.05, 0.1) is 31.6 Å². The van der Waals surface area contributed by atoms with Crippen molar-refractivity contribution in [1.29, 1.82) is 0 Å². The molecule has 1 N–H and O–H groups in total. The van der Waals surface area contributed by atoms with Crippen molar-refractivity contribution in [3.05, 3.63) is 41.9 Å². The normalized spacial score (nSPS) is 20.8. The molecule has 2 aromatic rings. The maximum absolute atomic E-state index is 12.6. The van der Waals surface area contributed by atoms with Crippen LogP contribution in [0.5, 0.6) is 0 Å². The summed E-state index contributed by atoms with van der Waals surface area (Å²) in [5, 5.41) is 7.16. The lowest BCUT2D eigenvalue weighted by Crippen LogP contribution is -2.50. The number of hydrogen-bond donors (Lipinski definition) is 1. The van der Waals surface area contributed by atoms with Gasteiger partial charge in [0.25, 0.3) is 5.91 Å². The molecule has 24 heavy (non-hydrogen) atoms. The van der Waals surface area contributed by atoms with Gasteiger partial charge in [0, 0.05) is 12.8 Å². The number of ether oxygens (including phenoxy) is 2. The predicted molar refractivity (Wildman–Crippen MR) is 88.8 cm³/mol. The highest BCUT2D eigenvalue weighted by molar-refractivity contribution is 5.93. The molecule has 2 aromatic heterocycles. The molecule has 1 amide bonds. The van der Waals surface area contributed by atoms with E-state index in [-0.39, 0.29) is 18.1 Å². The van der Waals surface area contributed by atoms with Crippen molar-refractivity contribution in [1.82, 2.24) is 19.9 Å². The van der Waals surface area contributed by atoms with Gasteiger partial charge in [-0.05, 0) is 32.4 Å². The van der Waals surface area contributed by atoms with E-state index < -0.39 is 0 Å². The predicted octanol–water partition coefficient (Wildman–Crippen LogP) is 1.60. The third-order valence-electron chi connectivity index (χ3n) is 3.92. The summed E-state index contributed by atoms with van der Waals surface area (Å²) in [6, 6.07) is 3.40. The third kappa shape index (κ3) is 3.80. The number of aromatic nitrogens is 3. The van der Waals surface area contributed by atoms with Gasteiger partial charge < -0.3 is 14.8 Å². The molecule has 0 spiro atoms. The first-order chi connectivity index (χ1) is 11.6. The second-order valence-corrected chi connectivity index (χ2v) is 6.03. The summed E-state index contributed by atoms with van der Waals surface area (Å²) < 4.78 is 12.9. The number of rotatable bonds is 5. The molecule has 3 rings (SSSR count). The van der Waals surface area contributed by atoms with Crippen molar-refractivity contribution in [3.8, 4) is 0 Å². The van der Waals surface area contributed by atoms with Crippen molar-refractivity contribution in [2.45, 2.75) is 32.4 Å². The van der Waals surface area contributed by atoms with Crippen LogP contribution < -0.4 is 5.32 Å². The Morgan fingerprint density at radius 1 is 1.54 bits per heavy atom. The van der Waals surface area contributed by atoms with Crippen molar-refractivity contribution >= 4 is 11.6 Å². The zero-order chi connectivity index (χ0) is 16.9. The molecule has 3 heterocycles. The summed E-state index contributed by atoms with van der Waals surface area (Å²) in [4.78, 5) is 16.8. The number of hydrogen-bond acceptors (Lipinski definition) is 5. The molecule has 0 unspecified atom stereocenters. The molecule has 128 valence electrons. The lowest BCUT2D eigenvalue weighted by molar-refractivity contribution is -0.0458. The van der Waals surface area contributed by atoms with Gasteiger partial charge in [-0.15, -0.1) is 0 Å². The van der Waals surface area contributed by atoms with E-state index >= 15 is 0 Å². The lowest BCUT2D eigenvalue weighted by atomic mass is 10.1. The quantitative estimate of drug-likeness (QED) is 0.843. The van der Waals surface area contributed by atoms with Gasteiger partial charge in [-0.25, -0.2) is 9.50 Å². The van der Waals surface area contributed by atoms with Crippen LogP contribution in [0.25, 0.3) is 5.65 Å². The Bertz CT molecular complexity index is 736. The Morgan fingerprint density at radius 2 is 2.42 bits per heavy atom. The SMILES string of the molecule is CC(C)=CCO[C@H]1CCOC[C@H]1NC(=O)c1cnc2cccnn12. The topological polar surface area (TPSA) is 77.8 Å². The second-order valence-electron chi connectivity index (χ2n) is 6.03. The van der Waals surface area contributed by atoms with Gasteiger partial charge in [0.1, 0.15) is 5.69 Å². The van der Waals surface area contributed by atoms with Crippen molar-refractivity contribution < 1.29 is 14.3 Å². The largest absolute Gasteiger partial charge is 0.379 e. The smallest absolute Gasteiger partial charge is 0.272 e. The van der Waals surface area contributed by atoms with E-state index in [4.69, 9.17) is 9.47 Å². The number of carbonyl (C=O) groups is 1. The Kier molecular flexibility index (Phi) is 5.22. The van der Waals surface area contributed by atoms with E-state index in [0.717, 1.165) is 6.42 Å². The summed E-state index contributed by atoms with van der Waals surface area (Å²) >= 11 is 0. The first-order valence-electron chi connectivity index (χ1n) is 8.07. The van der Waals surface area contributed by atoms with Crippen LogP contribution in [0.2, 0.25) is 0 Å². The van der Waals surface area contributed by atoms with Gasteiger partial charge in [-0.3, -0.25) is 4.79 Å². The van der Waals surface area contributed by atoms with Crippen molar-refractivity contribution in [2.75, 3.05) is 19.8 Å². The standard InChI is InChI=1S/C17H22N4O3/c1-12(2)5-9-24-15-6-8-23-11-13(15)20-17(22)14-10-18-16-4-3-7-19-21(14)16/h3-5,7,10,13,15H,6,8-9,11H2,1-2H3,(H,20,22)/t13-,15+/m1/s1. The molecule has 7 nitrogen and oxygen atoms in total. The van der Waals surface area contributed by atoms with E-state index in [9.17, 15) is 4.79 Å². The highest BCUT2D eigenvalue weighted by Gasteiger charge is 2.29. The van der Waals surface area contributed by atoms with E-state index in [1.54, 1.807) is 18.3 Å². The molecule has 0 aliphatic carbocycles. The summed E-state index contributed by atoms with van der Waals surface area (Å²) in [6.45, 7) is 5.68. The zero-order valence-corrected chi connectivity index (χ0v) is 13.9. The van der Waals surface area contributed by atoms with Crippen LogP contribution in [0, 0.1) is 0 Å². The van der Waals surface area contributed by atoms with Gasteiger partial charge in [0.15, 0.2) is 5.65 Å². The van der Waals surface area contributed by atoms with Crippen LogP contribution in [0.3, 0.4) is 0 Å². The minimum atomic E-state index is -0.229. The molecule has 1 aliphatic rings. The minimum absolute atomic E-state index is 0.0644. The van der Waals surface area contributed by atoms with Crippen LogP contribution in [-0.2, 0) is 9.47 Å². The van der Waals surface area contributed by atoms with Gasteiger partial charge in [-0.2, -0.15) is 5.10 Å². The number of carbonyl (C=O) groups excluding carboxylic acids is 1. The summed E-state index contributed by atoms with van der Waals surface area (Å²) in [7, 11) is 0. The third-order valence-corrected chi connectivity index (χ3v) is 3.92. The Balaban J connectivity index is 1.68. The number of amides is 1. The maximum atomic E-state index is 12.6. The van der Waals surface area contributed by atoms with E-state index in [0.29, 0.717) is 31.2 Å². The summed E-state index contributed by atoms with van der Waals surface area (Å²) in [6.07, 6.45) is 5.88. The summed E-state index contributed by atoms with van der Waals surface area (Å²) in [5.41, 5.74) is 2.25. The van der Waals surface area contributed by atoms with Gasteiger partial charge in [0.2, 0.25) is 0 Å². The molecule has 7 heteroatoms. The Labute approximate surface area is 140 Å². The average Bonchev–Trinajstić information content (AvgIpc) is 3.00. The first kappa shape index (κ1) is 16.6. The average molecular weight is 330 g/mol. The highest BCUT2D eigenvalue weighted by Crippen LogP contribution is 2.13. The number of nitrogens with zero attached hydrogens (tertiary/aromatic N) is 3. The molecule has 0 bridgehead atoms. The van der Waals surface area contributed by atoms with Crippen molar-refractivity contribution in [3.63, 3.8) is 0 Å². The molecule has 0 saturated carbocycles. The Hall–Kier alpha value is -2.25. The second kappa shape index (κ2) is 7.55. The molecule has 0 aromatic carbocycles. The molecule has 0 radical (unpaired) electrons. The van der Waals surface area contributed by atoms with Gasteiger partial charge >= 0.3 is 0 Å². The molecule has 1 saturated heterocycles. The van der Waals surface area contributed by atoms with Crippen LogP contribution >= 0.6 is 0 Å². The zero-order valence-electron chi connectivity index (χ0n) is 13.9. The number of fused-ring (bicyclic) bond motifs is 1. The fourth-order valence-corrected chi connectivity index (χ4v) is 2.62. The van der Waals surface area contributed by atoms with E-state index in [1.165, 1.54) is 16.3 Å². The fraction of sp³-hybridized carbons (Fsp3) is 0.471. The monoisotopic (exact) mass is 330 g/mol. The first-order valence-corrected chi connectivity index (χ1v) is 8.07. The van der Waals surface area contributed by atoms with Crippen LogP contribution in [0.1, 0.15) is 30.8 Å². The molecular weight excluding hydrogens is 308 g/mol. The van der Waals surface area contributed by atoms with Gasteiger partial charge in [-0.1, -0.05) is 11.6 Å². The van der Waals surface area contributed by atoms with Crippen LogP contribution in [0.15, 0.2) is 36.2 Å². The lowest BCUT2D eigenvalue weighted by Gasteiger charge is -2.31. The molecule has 2 atom stereocenters. The maximum Gasteiger partial charge on any atom is 0.272 e. The number of imidazole rings is 1. The number of allylic oxidation sites excluding steroid dienone is 1. The summed E-state index contributed by atoms with van der Waals surface area (Å²) in [5.74, 6) is -0.229. The van der Waals surface area contributed by atoms with E-state index in [2.05, 4.69) is 15.4 Å².